The van der Waals surface area contributed by atoms with Gasteiger partial charge in [-0.05, 0) is 25.3 Å². The lowest BCUT2D eigenvalue weighted by molar-refractivity contribution is -0.114. The van der Waals surface area contributed by atoms with Crippen molar-refractivity contribution in [2.45, 2.75) is 51.0 Å². The van der Waals surface area contributed by atoms with E-state index in [0.29, 0.717) is 6.04 Å². The summed E-state index contributed by atoms with van der Waals surface area (Å²) in [5.74, 6) is 0.270. The van der Waals surface area contributed by atoms with Gasteiger partial charge in [0.1, 0.15) is 6.04 Å². The molecular weight excluding hydrogens is 174 g/mol. The van der Waals surface area contributed by atoms with Crippen molar-refractivity contribution >= 4 is 11.5 Å². The van der Waals surface area contributed by atoms with E-state index < -0.39 is 0 Å². The Bertz CT molecular complexity index is 278. The number of ketones is 1. The van der Waals surface area contributed by atoms with Crippen molar-refractivity contribution in [3.05, 3.63) is 12.2 Å². The molecule has 0 saturated heterocycles. The number of allylic oxidation sites excluding steroid dienone is 1. The van der Waals surface area contributed by atoms with Gasteiger partial charge in [-0.3, -0.25) is 9.79 Å². The Morgan fingerprint density at radius 2 is 1.79 bits per heavy atom. The van der Waals surface area contributed by atoms with Crippen LogP contribution in [0.25, 0.3) is 0 Å². The lowest BCUT2D eigenvalue weighted by Crippen LogP contribution is -1.98. The molecule has 1 aliphatic heterocycles. The van der Waals surface area contributed by atoms with Gasteiger partial charge in [0.2, 0.25) is 0 Å². The van der Waals surface area contributed by atoms with Gasteiger partial charge in [0.15, 0.2) is 5.78 Å². The largest absolute Gasteiger partial charge is 0.295 e. The predicted octanol–water partition coefficient (Wildman–Crippen LogP) is 2.68. The molecule has 2 aliphatic rings. The minimum absolute atomic E-state index is 0.270. The summed E-state index contributed by atoms with van der Waals surface area (Å²) in [6.07, 6.45) is 11.6. The van der Waals surface area contributed by atoms with Gasteiger partial charge in [-0.1, -0.05) is 25.3 Å². The van der Waals surface area contributed by atoms with Gasteiger partial charge >= 0.3 is 0 Å². The maximum Gasteiger partial charge on any atom is 0.155 e. The van der Waals surface area contributed by atoms with Crippen LogP contribution >= 0.6 is 0 Å². The minimum atomic E-state index is 0.270. The predicted molar refractivity (Wildman–Crippen MR) is 57.7 cm³/mol. The van der Waals surface area contributed by atoms with Crippen LogP contribution in [-0.4, -0.2) is 17.5 Å². The van der Waals surface area contributed by atoms with Crippen molar-refractivity contribution in [1.29, 1.82) is 0 Å². The standard InChI is InChI=1S/C12H17NO/c14-10-6-4-2-1-3-5-7-11-12(13-11)9-8-10/h8-9,12H,1-7H2/b9-8+. The van der Waals surface area contributed by atoms with E-state index in [-0.39, 0.29) is 5.78 Å². The van der Waals surface area contributed by atoms with Gasteiger partial charge in [0, 0.05) is 12.1 Å². The van der Waals surface area contributed by atoms with Crippen molar-refractivity contribution in [1.82, 2.24) is 0 Å². The Hall–Kier alpha value is -0.920. The maximum atomic E-state index is 11.3. The molecule has 1 unspecified atom stereocenters. The third kappa shape index (κ3) is 2.79. The van der Waals surface area contributed by atoms with E-state index in [1.165, 1.54) is 31.4 Å². The van der Waals surface area contributed by atoms with E-state index in [1.54, 1.807) is 6.08 Å². The lowest BCUT2D eigenvalue weighted by atomic mass is 10.0. The summed E-state index contributed by atoms with van der Waals surface area (Å²) < 4.78 is 0. The molecule has 0 radical (unpaired) electrons. The fourth-order valence-electron chi connectivity index (χ4n) is 1.93. The van der Waals surface area contributed by atoms with Crippen LogP contribution in [0.2, 0.25) is 0 Å². The van der Waals surface area contributed by atoms with Crippen LogP contribution in [0.15, 0.2) is 17.1 Å². The summed E-state index contributed by atoms with van der Waals surface area (Å²) >= 11 is 0. The minimum Gasteiger partial charge on any atom is -0.295 e. The van der Waals surface area contributed by atoms with E-state index in [2.05, 4.69) is 4.99 Å². The van der Waals surface area contributed by atoms with E-state index in [4.69, 9.17) is 0 Å². The monoisotopic (exact) mass is 191 g/mol. The van der Waals surface area contributed by atoms with Crippen molar-refractivity contribution in [2.75, 3.05) is 0 Å². The molecule has 76 valence electrons. The third-order valence-corrected chi connectivity index (χ3v) is 2.90. The number of carbonyl (C=O) groups excluding carboxylic acids is 1. The highest BCUT2D eigenvalue weighted by molar-refractivity contribution is 6.03. The van der Waals surface area contributed by atoms with Crippen molar-refractivity contribution < 1.29 is 4.79 Å². The van der Waals surface area contributed by atoms with Crippen LogP contribution in [0.4, 0.5) is 0 Å². The van der Waals surface area contributed by atoms with Gasteiger partial charge in [-0.25, -0.2) is 0 Å². The number of carbonyl (C=O) groups is 1. The number of hydrogen-bond acceptors (Lipinski definition) is 2. The maximum absolute atomic E-state index is 11.3. The summed E-state index contributed by atoms with van der Waals surface area (Å²) in [5, 5.41) is 0. The van der Waals surface area contributed by atoms with Gasteiger partial charge in [-0.2, -0.15) is 0 Å². The average Bonchev–Trinajstić information content (AvgIpc) is 2.90. The first-order valence-corrected chi connectivity index (χ1v) is 5.64. The summed E-state index contributed by atoms with van der Waals surface area (Å²) in [4.78, 5) is 15.7. The first kappa shape index (κ1) is 9.63. The molecule has 1 aliphatic carbocycles. The van der Waals surface area contributed by atoms with Crippen LogP contribution in [0.1, 0.15) is 44.9 Å². The highest BCUT2D eigenvalue weighted by atomic mass is 16.1. The molecule has 0 N–H and O–H groups in total. The van der Waals surface area contributed by atoms with Crippen LogP contribution in [0.3, 0.4) is 0 Å². The summed E-state index contributed by atoms with van der Waals surface area (Å²) in [5.41, 5.74) is 1.30. The molecule has 0 aromatic carbocycles. The van der Waals surface area contributed by atoms with Crippen LogP contribution in [0, 0.1) is 0 Å². The molecule has 0 aromatic rings. The molecule has 0 fully saturated rings. The number of fused-ring (bicyclic) bond motifs is 1. The average molecular weight is 191 g/mol. The first-order chi connectivity index (χ1) is 6.86. The normalized spacial score (nSPS) is 30.7. The molecule has 0 amide bonds. The third-order valence-electron chi connectivity index (χ3n) is 2.90. The van der Waals surface area contributed by atoms with Gasteiger partial charge < -0.3 is 0 Å². The molecular formula is C12H17NO. The summed E-state index contributed by atoms with van der Waals surface area (Å²) in [7, 11) is 0. The molecule has 14 heavy (non-hydrogen) atoms. The Morgan fingerprint density at radius 1 is 1.07 bits per heavy atom. The highest BCUT2D eigenvalue weighted by Crippen LogP contribution is 2.20. The zero-order valence-electron chi connectivity index (χ0n) is 8.54. The second kappa shape index (κ2) is 4.54. The fraction of sp³-hybridized carbons (Fsp3) is 0.667. The van der Waals surface area contributed by atoms with Gasteiger partial charge in [0.05, 0.1) is 0 Å². The number of rotatable bonds is 0. The van der Waals surface area contributed by atoms with Crippen molar-refractivity contribution in [3.63, 3.8) is 0 Å². The van der Waals surface area contributed by atoms with E-state index in [0.717, 1.165) is 19.3 Å². The molecule has 1 atom stereocenters. The zero-order chi connectivity index (χ0) is 9.80. The second-order valence-electron chi connectivity index (χ2n) is 4.16. The topological polar surface area (TPSA) is 29.4 Å². The van der Waals surface area contributed by atoms with Crippen molar-refractivity contribution in [2.24, 2.45) is 4.99 Å². The summed E-state index contributed by atoms with van der Waals surface area (Å²) in [6.45, 7) is 0. The number of nitrogens with zero attached hydrogens (tertiary/aromatic N) is 1. The molecule has 0 bridgehead atoms. The highest BCUT2D eigenvalue weighted by Gasteiger charge is 2.23. The Morgan fingerprint density at radius 3 is 2.64 bits per heavy atom. The Kier molecular flexibility index (Phi) is 3.12. The van der Waals surface area contributed by atoms with Crippen LogP contribution in [-0.2, 0) is 4.79 Å². The van der Waals surface area contributed by atoms with Gasteiger partial charge in [-0.15, -0.1) is 0 Å². The SMILES string of the molecule is O=C1/C=C/C2N=C2CCCCCCC1. The van der Waals surface area contributed by atoms with E-state index >= 15 is 0 Å². The second-order valence-corrected chi connectivity index (χ2v) is 4.16. The zero-order valence-corrected chi connectivity index (χ0v) is 8.54. The molecule has 0 aromatic heterocycles. The van der Waals surface area contributed by atoms with Gasteiger partial charge in [0.25, 0.3) is 0 Å². The molecule has 2 nitrogen and oxygen atoms in total. The first-order valence-electron chi connectivity index (χ1n) is 5.64. The lowest BCUT2D eigenvalue weighted by Gasteiger charge is -2.00. The Balaban J connectivity index is 1.86. The molecule has 1 heterocycles. The molecule has 0 saturated carbocycles. The van der Waals surface area contributed by atoms with E-state index in [1.807, 2.05) is 6.08 Å². The fourth-order valence-corrected chi connectivity index (χ4v) is 1.93. The van der Waals surface area contributed by atoms with E-state index in [9.17, 15) is 4.79 Å². The Labute approximate surface area is 85.1 Å². The molecule has 2 rings (SSSR count). The van der Waals surface area contributed by atoms with Crippen molar-refractivity contribution in [3.8, 4) is 0 Å². The number of aliphatic imine (C=N–C) groups is 1. The smallest absolute Gasteiger partial charge is 0.155 e. The summed E-state index contributed by atoms with van der Waals surface area (Å²) in [6, 6.07) is 0.290. The quantitative estimate of drug-likeness (QED) is 0.579. The number of hydrogen-bond donors (Lipinski definition) is 0. The molecule has 2 heteroatoms. The van der Waals surface area contributed by atoms with Crippen LogP contribution in [0.5, 0.6) is 0 Å². The molecule has 0 spiro atoms. The van der Waals surface area contributed by atoms with Crippen LogP contribution < -0.4 is 0 Å².